The zero-order chi connectivity index (χ0) is 13.8. The van der Waals surface area contributed by atoms with E-state index in [2.05, 4.69) is 4.90 Å². The van der Waals surface area contributed by atoms with Gasteiger partial charge in [-0.3, -0.25) is 15.0 Å². The Kier molecular flexibility index (Phi) is 6.32. The molecule has 0 amide bonds. The van der Waals surface area contributed by atoms with Gasteiger partial charge < -0.3 is 5.73 Å². The van der Waals surface area contributed by atoms with Crippen LogP contribution in [0.3, 0.4) is 0 Å². The molecule has 1 aromatic rings. The summed E-state index contributed by atoms with van der Waals surface area (Å²) in [5, 5.41) is 10.5. The Morgan fingerprint density at radius 3 is 2.55 bits per heavy atom. The van der Waals surface area contributed by atoms with Crippen molar-refractivity contribution in [2.24, 2.45) is 11.7 Å². The summed E-state index contributed by atoms with van der Waals surface area (Å²) in [6.45, 7) is 3.01. The molecule has 20 heavy (non-hydrogen) atoms. The van der Waals surface area contributed by atoms with Crippen LogP contribution in [0.5, 0.6) is 0 Å². The fraction of sp³-hybridized carbons (Fsp3) is 0.538. The molecule has 1 saturated heterocycles. The number of hydrogen-bond acceptors (Lipinski definition) is 4. The van der Waals surface area contributed by atoms with Crippen molar-refractivity contribution in [1.82, 2.24) is 4.90 Å². The third kappa shape index (κ3) is 4.13. The van der Waals surface area contributed by atoms with Crippen LogP contribution >= 0.6 is 12.4 Å². The number of nitro benzene ring substituents is 1. The Balaban J connectivity index is 0.00000200. The van der Waals surface area contributed by atoms with Crippen molar-refractivity contribution in [2.45, 2.75) is 19.4 Å². The van der Waals surface area contributed by atoms with Crippen molar-refractivity contribution in [1.29, 1.82) is 0 Å². The molecule has 0 saturated carbocycles. The lowest BCUT2D eigenvalue weighted by atomic mass is 9.97. The number of piperidine rings is 1. The number of halogens is 2. The molecule has 1 aliphatic heterocycles. The van der Waals surface area contributed by atoms with E-state index in [4.69, 9.17) is 5.73 Å². The average molecular weight is 304 g/mol. The van der Waals surface area contributed by atoms with Crippen molar-refractivity contribution >= 4 is 18.1 Å². The lowest BCUT2D eigenvalue weighted by Gasteiger charge is -2.31. The molecule has 0 bridgehead atoms. The first-order valence-corrected chi connectivity index (χ1v) is 6.45. The second-order valence-corrected chi connectivity index (χ2v) is 4.99. The second kappa shape index (κ2) is 7.52. The lowest BCUT2D eigenvalue weighted by molar-refractivity contribution is -0.385. The van der Waals surface area contributed by atoms with Crippen molar-refractivity contribution < 1.29 is 9.31 Å². The fourth-order valence-corrected chi connectivity index (χ4v) is 2.40. The van der Waals surface area contributed by atoms with Gasteiger partial charge in [-0.1, -0.05) is 0 Å². The first-order valence-electron chi connectivity index (χ1n) is 6.45. The maximum absolute atomic E-state index is 13.8. The Morgan fingerprint density at radius 2 is 2.05 bits per heavy atom. The highest BCUT2D eigenvalue weighted by Gasteiger charge is 2.19. The van der Waals surface area contributed by atoms with Crippen LogP contribution in [0.15, 0.2) is 18.2 Å². The molecule has 0 radical (unpaired) electrons. The summed E-state index contributed by atoms with van der Waals surface area (Å²) in [5.41, 5.74) is 5.93. The average Bonchev–Trinajstić information content (AvgIpc) is 2.41. The molecule has 1 aromatic carbocycles. The van der Waals surface area contributed by atoms with Crippen molar-refractivity contribution in [3.8, 4) is 0 Å². The van der Waals surface area contributed by atoms with Crippen LogP contribution in [0.2, 0.25) is 0 Å². The SMILES string of the molecule is Cl.NCC1CCN(Cc2ccc([N+](=O)[O-])cc2F)CC1. The first-order chi connectivity index (χ1) is 9.10. The van der Waals surface area contributed by atoms with E-state index in [1.807, 2.05) is 0 Å². The Morgan fingerprint density at radius 1 is 1.40 bits per heavy atom. The summed E-state index contributed by atoms with van der Waals surface area (Å²) >= 11 is 0. The zero-order valence-electron chi connectivity index (χ0n) is 11.1. The minimum Gasteiger partial charge on any atom is -0.330 e. The molecule has 1 fully saturated rings. The van der Waals surface area contributed by atoms with Gasteiger partial charge in [0, 0.05) is 18.2 Å². The van der Waals surface area contributed by atoms with Gasteiger partial charge in [-0.05, 0) is 44.5 Å². The fourth-order valence-electron chi connectivity index (χ4n) is 2.40. The third-order valence-corrected chi connectivity index (χ3v) is 3.68. The van der Waals surface area contributed by atoms with Crippen LogP contribution in [-0.2, 0) is 6.54 Å². The highest BCUT2D eigenvalue weighted by atomic mass is 35.5. The molecule has 0 aliphatic carbocycles. The van der Waals surface area contributed by atoms with Crippen LogP contribution in [0.25, 0.3) is 0 Å². The van der Waals surface area contributed by atoms with E-state index in [0.29, 0.717) is 24.6 Å². The summed E-state index contributed by atoms with van der Waals surface area (Å²) in [7, 11) is 0. The minimum atomic E-state index is -0.584. The lowest BCUT2D eigenvalue weighted by Crippen LogP contribution is -2.35. The number of non-ortho nitro benzene ring substituents is 1. The molecule has 0 aromatic heterocycles. The van der Waals surface area contributed by atoms with E-state index >= 15 is 0 Å². The normalized spacial score (nSPS) is 16.7. The van der Waals surface area contributed by atoms with E-state index in [1.54, 1.807) is 0 Å². The summed E-state index contributed by atoms with van der Waals surface area (Å²) < 4.78 is 13.8. The van der Waals surface area contributed by atoms with Gasteiger partial charge in [0.15, 0.2) is 0 Å². The van der Waals surface area contributed by atoms with Crippen LogP contribution in [0, 0.1) is 21.8 Å². The third-order valence-electron chi connectivity index (χ3n) is 3.68. The number of likely N-dealkylation sites (tertiary alicyclic amines) is 1. The number of benzene rings is 1. The number of nitrogens with two attached hydrogens (primary N) is 1. The zero-order valence-corrected chi connectivity index (χ0v) is 11.9. The van der Waals surface area contributed by atoms with Crippen molar-refractivity contribution in [3.63, 3.8) is 0 Å². The van der Waals surface area contributed by atoms with Crippen LogP contribution in [-0.4, -0.2) is 29.5 Å². The molecule has 112 valence electrons. The maximum atomic E-state index is 13.8. The number of nitro groups is 1. The molecule has 5 nitrogen and oxygen atoms in total. The molecule has 0 atom stereocenters. The van der Waals surface area contributed by atoms with Gasteiger partial charge in [0.05, 0.1) is 11.0 Å². The van der Waals surface area contributed by atoms with Gasteiger partial charge in [0.1, 0.15) is 5.82 Å². The highest BCUT2D eigenvalue weighted by molar-refractivity contribution is 5.85. The van der Waals surface area contributed by atoms with Crippen molar-refractivity contribution in [2.75, 3.05) is 19.6 Å². The highest BCUT2D eigenvalue weighted by Crippen LogP contribution is 2.21. The molecule has 1 aliphatic rings. The summed E-state index contributed by atoms with van der Waals surface area (Å²) in [4.78, 5) is 12.1. The number of nitrogens with zero attached hydrogens (tertiary/aromatic N) is 2. The van der Waals surface area contributed by atoms with E-state index in [0.717, 1.165) is 32.0 Å². The predicted octanol–water partition coefficient (Wildman–Crippen LogP) is 2.33. The van der Waals surface area contributed by atoms with Gasteiger partial charge in [-0.15, -0.1) is 12.4 Å². The summed E-state index contributed by atoms with van der Waals surface area (Å²) in [5.74, 6) is 0.0631. The molecule has 2 N–H and O–H groups in total. The quantitative estimate of drug-likeness (QED) is 0.684. The Bertz CT molecular complexity index is 465. The van der Waals surface area contributed by atoms with E-state index in [1.165, 1.54) is 12.1 Å². The molecule has 1 heterocycles. The van der Waals surface area contributed by atoms with Gasteiger partial charge in [0.25, 0.3) is 5.69 Å². The topological polar surface area (TPSA) is 72.4 Å². The van der Waals surface area contributed by atoms with E-state index < -0.39 is 10.7 Å². The Hall–Kier alpha value is -1.24. The largest absolute Gasteiger partial charge is 0.330 e. The van der Waals surface area contributed by atoms with E-state index in [9.17, 15) is 14.5 Å². The van der Waals surface area contributed by atoms with Crippen LogP contribution in [0.1, 0.15) is 18.4 Å². The van der Waals surface area contributed by atoms with Gasteiger partial charge in [-0.25, -0.2) is 4.39 Å². The molecular weight excluding hydrogens is 285 g/mol. The predicted molar refractivity (Wildman–Crippen MR) is 77.4 cm³/mol. The van der Waals surface area contributed by atoms with Crippen LogP contribution in [0.4, 0.5) is 10.1 Å². The molecule has 2 rings (SSSR count). The summed E-state index contributed by atoms with van der Waals surface area (Å²) in [6.07, 6.45) is 2.07. The van der Waals surface area contributed by atoms with Crippen molar-refractivity contribution in [3.05, 3.63) is 39.7 Å². The first kappa shape index (κ1) is 16.8. The number of hydrogen-bond donors (Lipinski definition) is 1. The molecule has 7 heteroatoms. The summed E-state index contributed by atoms with van der Waals surface area (Å²) in [6, 6.07) is 3.84. The van der Waals surface area contributed by atoms with E-state index in [-0.39, 0.29) is 18.1 Å². The Labute approximate surface area is 123 Å². The van der Waals surface area contributed by atoms with Crippen LogP contribution < -0.4 is 5.73 Å². The molecule has 0 unspecified atom stereocenters. The van der Waals surface area contributed by atoms with Gasteiger partial charge >= 0.3 is 0 Å². The van der Waals surface area contributed by atoms with Gasteiger partial charge in [0.2, 0.25) is 0 Å². The monoisotopic (exact) mass is 303 g/mol. The van der Waals surface area contributed by atoms with Gasteiger partial charge in [-0.2, -0.15) is 0 Å². The molecular formula is C13H19ClFN3O2. The standard InChI is InChI=1S/C13H18FN3O2.ClH/c14-13-7-12(17(18)19)2-1-11(13)9-16-5-3-10(8-15)4-6-16;/h1-2,7,10H,3-6,8-9,15H2;1H. The minimum absolute atomic E-state index is 0. The second-order valence-electron chi connectivity index (χ2n) is 4.99. The molecule has 0 spiro atoms. The smallest absolute Gasteiger partial charge is 0.272 e. The number of rotatable bonds is 4. The maximum Gasteiger partial charge on any atom is 0.272 e.